The first-order valence-corrected chi connectivity index (χ1v) is 7.01. The average Bonchev–Trinajstić information content (AvgIpc) is 2.85. The summed E-state index contributed by atoms with van der Waals surface area (Å²) >= 11 is 1.76. The molecule has 2 rings (SSSR count). The van der Waals surface area contributed by atoms with Gasteiger partial charge in [0.05, 0.1) is 11.6 Å². The van der Waals surface area contributed by atoms with Crippen molar-refractivity contribution in [3.63, 3.8) is 0 Å². The lowest BCUT2D eigenvalue weighted by molar-refractivity contribution is 0.271. The van der Waals surface area contributed by atoms with Gasteiger partial charge in [-0.3, -0.25) is 0 Å². The number of ether oxygens (including phenoxy) is 1. The van der Waals surface area contributed by atoms with Crippen molar-refractivity contribution in [2.75, 3.05) is 19.0 Å². The van der Waals surface area contributed by atoms with E-state index in [2.05, 4.69) is 43.4 Å². The number of hydrogen-bond donors (Lipinski definition) is 1. The van der Waals surface area contributed by atoms with Crippen molar-refractivity contribution < 1.29 is 4.74 Å². The summed E-state index contributed by atoms with van der Waals surface area (Å²) < 4.78 is 5.68. The van der Waals surface area contributed by atoms with Crippen LogP contribution in [0, 0.1) is 5.92 Å². The molecule has 0 saturated heterocycles. The molecule has 2 nitrogen and oxygen atoms in total. The molecule has 18 heavy (non-hydrogen) atoms. The molecule has 0 fully saturated rings. The van der Waals surface area contributed by atoms with Gasteiger partial charge in [-0.15, -0.1) is 11.3 Å². The molecule has 0 unspecified atom stereocenters. The highest BCUT2D eigenvalue weighted by molar-refractivity contribution is 7.19. The van der Waals surface area contributed by atoms with Crippen LogP contribution in [0.1, 0.15) is 13.8 Å². The highest BCUT2D eigenvalue weighted by Crippen LogP contribution is 2.31. The second kappa shape index (κ2) is 5.91. The number of benzene rings is 1. The third-order valence-electron chi connectivity index (χ3n) is 2.57. The Bertz CT molecular complexity index is 487. The number of hydrogen-bond acceptors (Lipinski definition) is 3. The highest BCUT2D eigenvalue weighted by Gasteiger charge is 2.03. The molecule has 2 aromatic rings. The third-order valence-corrected chi connectivity index (χ3v) is 3.73. The van der Waals surface area contributed by atoms with Crippen LogP contribution in [-0.4, -0.2) is 13.7 Å². The van der Waals surface area contributed by atoms with Crippen LogP contribution in [-0.2, 0) is 0 Å². The number of anilines is 1. The maximum absolute atomic E-state index is 5.68. The van der Waals surface area contributed by atoms with Crippen LogP contribution in [0.15, 0.2) is 36.4 Å². The zero-order chi connectivity index (χ0) is 13.0. The summed E-state index contributed by atoms with van der Waals surface area (Å²) in [5.41, 5.74) is 1.23. The topological polar surface area (TPSA) is 21.3 Å². The molecule has 0 radical (unpaired) electrons. The standard InChI is InChI=1S/C15H19NOS/c1-11(2)10-17-13-6-4-12(5-7-13)14-8-9-15(16-3)18-14/h4-9,11,16H,10H2,1-3H3. The van der Waals surface area contributed by atoms with E-state index in [9.17, 15) is 0 Å². The molecule has 0 amide bonds. The lowest BCUT2D eigenvalue weighted by Crippen LogP contribution is -2.04. The summed E-state index contributed by atoms with van der Waals surface area (Å²) in [7, 11) is 1.94. The Balaban J connectivity index is 2.07. The van der Waals surface area contributed by atoms with Crippen molar-refractivity contribution in [2.24, 2.45) is 5.92 Å². The van der Waals surface area contributed by atoms with E-state index in [0.29, 0.717) is 5.92 Å². The van der Waals surface area contributed by atoms with E-state index >= 15 is 0 Å². The Kier molecular flexibility index (Phi) is 4.26. The Labute approximate surface area is 113 Å². The summed E-state index contributed by atoms with van der Waals surface area (Å²) in [5.74, 6) is 1.50. The van der Waals surface area contributed by atoms with Gasteiger partial charge in [0.1, 0.15) is 5.75 Å². The Hall–Kier alpha value is -1.48. The first-order valence-electron chi connectivity index (χ1n) is 6.20. The van der Waals surface area contributed by atoms with Gasteiger partial charge in [-0.2, -0.15) is 0 Å². The van der Waals surface area contributed by atoms with Crippen molar-refractivity contribution in [3.8, 4) is 16.2 Å². The second-order valence-electron chi connectivity index (χ2n) is 4.64. The first-order chi connectivity index (χ1) is 8.69. The predicted molar refractivity (Wildman–Crippen MR) is 79.6 cm³/mol. The number of rotatable bonds is 5. The molecule has 1 aromatic carbocycles. The van der Waals surface area contributed by atoms with Crippen LogP contribution in [0.25, 0.3) is 10.4 Å². The maximum atomic E-state index is 5.68. The Morgan fingerprint density at radius 3 is 2.39 bits per heavy atom. The van der Waals surface area contributed by atoms with Gasteiger partial charge in [0, 0.05) is 11.9 Å². The van der Waals surface area contributed by atoms with Gasteiger partial charge >= 0.3 is 0 Å². The minimum atomic E-state index is 0.556. The quantitative estimate of drug-likeness (QED) is 0.856. The summed E-state index contributed by atoms with van der Waals surface area (Å²) in [4.78, 5) is 1.27. The fraction of sp³-hybridized carbons (Fsp3) is 0.333. The minimum absolute atomic E-state index is 0.556. The van der Waals surface area contributed by atoms with Gasteiger partial charge in [0.15, 0.2) is 0 Å². The van der Waals surface area contributed by atoms with Crippen molar-refractivity contribution in [3.05, 3.63) is 36.4 Å². The molecule has 0 spiro atoms. The third kappa shape index (κ3) is 3.26. The molecule has 1 N–H and O–H groups in total. The monoisotopic (exact) mass is 261 g/mol. The van der Waals surface area contributed by atoms with Gasteiger partial charge in [0.2, 0.25) is 0 Å². The molecule has 0 aliphatic rings. The SMILES string of the molecule is CNc1ccc(-c2ccc(OCC(C)C)cc2)s1. The molecule has 1 aromatic heterocycles. The Morgan fingerprint density at radius 1 is 1.11 bits per heavy atom. The number of thiophene rings is 1. The van der Waals surface area contributed by atoms with Gasteiger partial charge in [0.25, 0.3) is 0 Å². The van der Waals surface area contributed by atoms with E-state index in [4.69, 9.17) is 4.74 Å². The van der Waals surface area contributed by atoms with Crippen LogP contribution >= 0.6 is 11.3 Å². The largest absolute Gasteiger partial charge is 0.493 e. The first kappa shape index (κ1) is 13.0. The van der Waals surface area contributed by atoms with Crippen LogP contribution in [0.2, 0.25) is 0 Å². The van der Waals surface area contributed by atoms with E-state index < -0.39 is 0 Å². The molecular formula is C15H19NOS. The van der Waals surface area contributed by atoms with E-state index in [1.807, 2.05) is 19.2 Å². The fourth-order valence-corrected chi connectivity index (χ4v) is 2.47. The molecule has 0 atom stereocenters. The van der Waals surface area contributed by atoms with Crippen LogP contribution < -0.4 is 10.1 Å². The average molecular weight is 261 g/mol. The predicted octanol–water partition coefficient (Wildman–Crippen LogP) is 4.49. The minimum Gasteiger partial charge on any atom is -0.493 e. The van der Waals surface area contributed by atoms with Crippen LogP contribution in [0.4, 0.5) is 5.00 Å². The van der Waals surface area contributed by atoms with Crippen LogP contribution in [0.3, 0.4) is 0 Å². The molecule has 3 heteroatoms. The van der Waals surface area contributed by atoms with Crippen molar-refractivity contribution >= 4 is 16.3 Å². The molecule has 0 aliphatic carbocycles. The molecule has 0 bridgehead atoms. The van der Waals surface area contributed by atoms with Crippen molar-refractivity contribution in [1.29, 1.82) is 0 Å². The summed E-state index contributed by atoms with van der Waals surface area (Å²) in [6.07, 6.45) is 0. The van der Waals surface area contributed by atoms with Gasteiger partial charge in [-0.1, -0.05) is 13.8 Å². The van der Waals surface area contributed by atoms with E-state index in [1.165, 1.54) is 15.4 Å². The van der Waals surface area contributed by atoms with Crippen molar-refractivity contribution in [2.45, 2.75) is 13.8 Å². The summed E-state index contributed by atoms with van der Waals surface area (Å²) in [6, 6.07) is 12.5. The zero-order valence-corrected chi connectivity index (χ0v) is 11.9. The van der Waals surface area contributed by atoms with Gasteiger partial charge < -0.3 is 10.1 Å². The molecule has 0 aliphatic heterocycles. The second-order valence-corrected chi connectivity index (χ2v) is 5.73. The highest BCUT2D eigenvalue weighted by atomic mass is 32.1. The lowest BCUT2D eigenvalue weighted by Gasteiger charge is -2.08. The van der Waals surface area contributed by atoms with Gasteiger partial charge in [-0.25, -0.2) is 0 Å². The molecule has 1 heterocycles. The lowest BCUT2D eigenvalue weighted by atomic mass is 10.2. The summed E-state index contributed by atoms with van der Waals surface area (Å²) in [5, 5.41) is 4.34. The smallest absolute Gasteiger partial charge is 0.119 e. The fourth-order valence-electron chi connectivity index (χ4n) is 1.61. The zero-order valence-electron chi connectivity index (χ0n) is 11.1. The molecule has 96 valence electrons. The van der Waals surface area contributed by atoms with Crippen molar-refractivity contribution in [1.82, 2.24) is 0 Å². The number of nitrogens with one attached hydrogen (secondary N) is 1. The van der Waals surface area contributed by atoms with E-state index in [-0.39, 0.29) is 0 Å². The molecular weight excluding hydrogens is 242 g/mol. The van der Waals surface area contributed by atoms with Gasteiger partial charge in [-0.05, 0) is 47.9 Å². The summed E-state index contributed by atoms with van der Waals surface area (Å²) in [6.45, 7) is 5.07. The Morgan fingerprint density at radius 2 is 1.83 bits per heavy atom. The van der Waals surface area contributed by atoms with E-state index in [1.54, 1.807) is 11.3 Å². The normalized spacial score (nSPS) is 10.7. The maximum Gasteiger partial charge on any atom is 0.119 e. The molecule has 0 saturated carbocycles. The van der Waals surface area contributed by atoms with E-state index in [0.717, 1.165) is 12.4 Å². The van der Waals surface area contributed by atoms with Crippen LogP contribution in [0.5, 0.6) is 5.75 Å².